The molecule has 4 nitrogen and oxygen atoms in total. The van der Waals surface area contributed by atoms with E-state index in [9.17, 15) is 13.2 Å². The predicted octanol–water partition coefficient (Wildman–Crippen LogP) is 2.51. The Morgan fingerprint density at radius 1 is 1.00 bits per heavy atom. The number of fused-ring (bicyclic) bond motifs is 2. The molecule has 1 aromatic rings. The van der Waals surface area contributed by atoms with Gasteiger partial charge in [-0.15, -0.1) is 0 Å². The normalized spacial score (nSPS) is 31.5. The maximum absolute atomic E-state index is 12.6. The van der Waals surface area contributed by atoms with Crippen molar-refractivity contribution in [2.75, 3.05) is 31.1 Å². The number of piperazine rings is 1. The molecule has 0 radical (unpaired) electrons. The molecular weight excluding hydrogens is 317 g/mol. The number of piperidine rings is 1. The fourth-order valence-electron chi connectivity index (χ4n) is 4.38. The number of hydrogen-bond donors (Lipinski definition) is 1. The maximum Gasteiger partial charge on any atom is 0.417 e. The molecule has 3 aliphatic heterocycles. The highest BCUT2D eigenvalue weighted by atomic mass is 19.4. The van der Waals surface area contributed by atoms with E-state index in [1.165, 1.54) is 31.7 Å². The van der Waals surface area contributed by atoms with Gasteiger partial charge in [0.1, 0.15) is 5.82 Å². The summed E-state index contributed by atoms with van der Waals surface area (Å²) in [5.74, 6) is 0.646. The van der Waals surface area contributed by atoms with E-state index in [2.05, 4.69) is 20.1 Å². The summed E-state index contributed by atoms with van der Waals surface area (Å²) in [6.07, 6.45) is 1.68. The van der Waals surface area contributed by atoms with E-state index in [-0.39, 0.29) is 0 Å². The molecule has 132 valence electrons. The van der Waals surface area contributed by atoms with Crippen molar-refractivity contribution in [1.82, 2.24) is 15.2 Å². The van der Waals surface area contributed by atoms with Gasteiger partial charge in [-0.3, -0.25) is 4.90 Å². The van der Waals surface area contributed by atoms with Crippen LogP contribution in [0.1, 0.15) is 31.2 Å². The first-order valence-electron chi connectivity index (χ1n) is 8.77. The third-order valence-electron chi connectivity index (χ3n) is 5.68. The molecule has 7 heteroatoms. The van der Waals surface area contributed by atoms with E-state index >= 15 is 0 Å². The average Bonchev–Trinajstić information content (AvgIpc) is 2.92. The Kier molecular flexibility index (Phi) is 4.16. The molecule has 1 N–H and O–H groups in total. The van der Waals surface area contributed by atoms with Gasteiger partial charge in [0.25, 0.3) is 0 Å². The number of nitrogens with zero attached hydrogens (tertiary/aromatic N) is 3. The largest absolute Gasteiger partial charge is 0.417 e. The summed E-state index contributed by atoms with van der Waals surface area (Å²) in [6.45, 7) is 3.59. The molecule has 0 amide bonds. The van der Waals surface area contributed by atoms with Crippen LogP contribution in [0, 0.1) is 0 Å². The second-order valence-electron chi connectivity index (χ2n) is 7.19. The quantitative estimate of drug-likeness (QED) is 0.896. The highest BCUT2D eigenvalue weighted by molar-refractivity contribution is 5.40. The molecule has 2 bridgehead atoms. The van der Waals surface area contributed by atoms with Crippen molar-refractivity contribution < 1.29 is 13.2 Å². The van der Waals surface area contributed by atoms with Gasteiger partial charge >= 0.3 is 6.18 Å². The Hall–Kier alpha value is -1.34. The van der Waals surface area contributed by atoms with E-state index in [1.807, 2.05) is 0 Å². The molecule has 3 aliphatic rings. The zero-order valence-electron chi connectivity index (χ0n) is 13.6. The van der Waals surface area contributed by atoms with Gasteiger partial charge in [0.2, 0.25) is 0 Å². The summed E-state index contributed by atoms with van der Waals surface area (Å²) in [5.41, 5.74) is -0.685. The van der Waals surface area contributed by atoms with Crippen LogP contribution >= 0.6 is 0 Å². The zero-order chi connectivity index (χ0) is 16.7. The monoisotopic (exact) mass is 340 g/mol. The number of aromatic nitrogens is 1. The van der Waals surface area contributed by atoms with Gasteiger partial charge in [0, 0.05) is 50.5 Å². The number of halogens is 3. The Bertz CT molecular complexity index is 554. The highest BCUT2D eigenvalue weighted by Crippen LogP contribution is 2.31. The van der Waals surface area contributed by atoms with Crippen LogP contribution in [0.2, 0.25) is 0 Å². The number of pyridine rings is 1. The fourth-order valence-corrected chi connectivity index (χ4v) is 4.38. The van der Waals surface area contributed by atoms with E-state index in [0.29, 0.717) is 23.9 Å². The molecule has 0 aliphatic carbocycles. The summed E-state index contributed by atoms with van der Waals surface area (Å²) in [4.78, 5) is 8.67. The summed E-state index contributed by atoms with van der Waals surface area (Å²) < 4.78 is 37.9. The minimum Gasteiger partial charge on any atom is -0.354 e. The lowest BCUT2D eigenvalue weighted by Crippen LogP contribution is -2.55. The van der Waals surface area contributed by atoms with Crippen LogP contribution in [0.25, 0.3) is 0 Å². The van der Waals surface area contributed by atoms with Crippen molar-refractivity contribution in [1.29, 1.82) is 0 Å². The molecule has 4 heterocycles. The van der Waals surface area contributed by atoms with Crippen LogP contribution < -0.4 is 10.2 Å². The number of anilines is 1. The lowest BCUT2D eigenvalue weighted by atomic mass is 9.97. The van der Waals surface area contributed by atoms with Crippen molar-refractivity contribution in [3.05, 3.63) is 23.9 Å². The molecule has 1 aromatic heterocycles. The van der Waals surface area contributed by atoms with Crippen LogP contribution in [-0.4, -0.2) is 54.2 Å². The van der Waals surface area contributed by atoms with Gasteiger partial charge in [0.15, 0.2) is 0 Å². The summed E-state index contributed by atoms with van der Waals surface area (Å²) >= 11 is 0. The molecule has 24 heavy (non-hydrogen) atoms. The molecule has 0 aromatic carbocycles. The molecule has 0 saturated carbocycles. The van der Waals surface area contributed by atoms with E-state index in [4.69, 9.17) is 0 Å². The first-order valence-corrected chi connectivity index (χ1v) is 8.77. The third kappa shape index (κ3) is 3.24. The fraction of sp³-hybridized carbons (Fsp3) is 0.706. The van der Waals surface area contributed by atoms with E-state index in [1.54, 1.807) is 0 Å². The van der Waals surface area contributed by atoms with Crippen LogP contribution in [0.5, 0.6) is 0 Å². The van der Waals surface area contributed by atoms with Crippen molar-refractivity contribution >= 4 is 5.82 Å². The second-order valence-corrected chi connectivity index (χ2v) is 7.19. The molecule has 3 fully saturated rings. The van der Waals surface area contributed by atoms with Gasteiger partial charge in [-0.2, -0.15) is 13.2 Å². The molecule has 3 saturated heterocycles. The van der Waals surface area contributed by atoms with Gasteiger partial charge in [0.05, 0.1) is 5.56 Å². The third-order valence-corrected chi connectivity index (χ3v) is 5.68. The molecule has 4 rings (SSSR count). The Balaban J connectivity index is 1.34. The van der Waals surface area contributed by atoms with E-state index < -0.39 is 11.7 Å². The van der Waals surface area contributed by atoms with Crippen LogP contribution in [0.3, 0.4) is 0 Å². The van der Waals surface area contributed by atoms with Gasteiger partial charge in [-0.1, -0.05) is 0 Å². The van der Waals surface area contributed by atoms with Gasteiger partial charge in [-0.25, -0.2) is 4.98 Å². The van der Waals surface area contributed by atoms with Crippen LogP contribution in [-0.2, 0) is 6.18 Å². The summed E-state index contributed by atoms with van der Waals surface area (Å²) in [7, 11) is 0. The number of alkyl halides is 3. The van der Waals surface area contributed by atoms with Gasteiger partial charge < -0.3 is 10.2 Å². The van der Waals surface area contributed by atoms with Crippen LogP contribution in [0.4, 0.5) is 19.0 Å². The Labute approximate surface area is 140 Å². The standard InChI is InChI=1S/C17H23F3N4/c18-17(19,20)12-1-4-16(21-11-12)24-7-5-23(6-8-24)15-9-13-2-3-14(10-15)22-13/h1,4,11,13-15,22H,2-3,5-10H2. The minimum absolute atomic E-state index is 0.646. The van der Waals surface area contributed by atoms with Crippen molar-refractivity contribution in [2.24, 2.45) is 0 Å². The smallest absolute Gasteiger partial charge is 0.354 e. The predicted molar refractivity (Wildman–Crippen MR) is 86.0 cm³/mol. The topological polar surface area (TPSA) is 31.4 Å². The number of nitrogens with one attached hydrogen (secondary N) is 1. The molecule has 2 unspecified atom stereocenters. The Morgan fingerprint density at radius 2 is 1.67 bits per heavy atom. The van der Waals surface area contributed by atoms with Crippen molar-refractivity contribution in [2.45, 2.75) is 50.0 Å². The lowest BCUT2D eigenvalue weighted by Gasteiger charge is -2.42. The molecular formula is C17H23F3N4. The van der Waals surface area contributed by atoms with Crippen molar-refractivity contribution in [3.8, 4) is 0 Å². The summed E-state index contributed by atoms with van der Waals surface area (Å²) in [5, 5.41) is 3.67. The van der Waals surface area contributed by atoms with Crippen molar-refractivity contribution in [3.63, 3.8) is 0 Å². The molecule has 2 atom stereocenters. The Morgan fingerprint density at radius 3 is 2.21 bits per heavy atom. The first-order chi connectivity index (χ1) is 11.5. The van der Waals surface area contributed by atoms with E-state index in [0.717, 1.165) is 38.4 Å². The number of hydrogen-bond acceptors (Lipinski definition) is 4. The zero-order valence-corrected chi connectivity index (χ0v) is 13.6. The first kappa shape index (κ1) is 16.1. The lowest BCUT2D eigenvalue weighted by molar-refractivity contribution is -0.137. The SMILES string of the molecule is FC(F)(F)c1ccc(N2CCN(C3CC4CCC(C3)N4)CC2)nc1. The average molecular weight is 340 g/mol. The van der Waals surface area contributed by atoms with Crippen LogP contribution in [0.15, 0.2) is 18.3 Å². The second kappa shape index (κ2) is 6.19. The highest BCUT2D eigenvalue weighted by Gasteiger charge is 2.37. The summed E-state index contributed by atoms with van der Waals surface area (Å²) in [6, 6.07) is 4.64. The van der Waals surface area contributed by atoms with Gasteiger partial charge in [-0.05, 0) is 37.8 Å². The maximum atomic E-state index is 12.6. The minimum atomic E-state index is -4.32. The molecule has 0 spiro atoms. The number of rotatable bonds is 2.